The lowest BCUT2D eigenvalue weighted by molar-refractivity contribution is 0.0975. The van der Waals surface area contributed by atoms with Gasteiger partial charge in [0.1, 0.15) is 0 Å². The van der Waals surface area contributed by atoms with E-state index in [0.29, 0.717) is 47.6 Å². The molecule has 0 radical (unpaired) electrons. The first-order valence-electron chi connectivity index (χ1n) is 7.11. The Hall–Kier alpha value is -1.22. The monoisotopic (exact) mass is 298 g/mol. The minimum absolute atomic E-state index is 0.0488. The van der Waals surface area contributed by atoms with Gasteiger partial charge in [-0.25, -0.2) is 0 Å². The van der Waals surface area contributed by atoms with Crippen molar-refractivity contribution in [1.82, 2.24) is 0 Å². The maximum atomic E-state index is 12.2. The third-order valence-corrected chi connectivity index (χ3v) is 3.19. The molecule has 0 aliphatic heterocycles. The fourth-order valence-electron chi connectivity index (χ4n) is 1.84. The highest BCUT2D eigenvalue weighted by Crippen LogP contribution is 2.34. The number of Topliss-reactive ketones (excluding diaryl/α,β-unsaturated/α-hetero) is 1. The summed E-state index contributed by atoms with van der Waals surface area (Å²) in [5.74, 6) is 1.70. The van der Waals surface area contributed by atoms with E-state index in [9.17, 15) is 4.79 Å². The molecule has 112 valence electrons. The van der Waals surface area contributed by atoms with Crippen molar-refractivity contribution >= 4 is 17.4 Å². The summed E-state index contributed by atoms with van der Waals surface area (Å²) in [6.45, 7) is 9.02. The predicted molar refractivity (Wildman–Crippen MR) is 82.2 cm³/mol. The van der Waals surface area contributed by atoms with Gasteiger partial charge in [-0.2, -0.15) is 0 Å². The molecule has 0 saturated carbocycles. The smallest absolute Gasteiger partial charge is 0.164 e. The Bertz CT molecular complexity index is 455. The first-order chi connectivity index (χ1) is 9.49. The van der Waals surface area contributed by atoms with Crippen LogP contribution in [0.25, 0.3) is 0 Å². The molecule has 0 aromatic heterocycles. The van der Waals surface area contributed by atoms with Crippen LogP contribution in [-0.2, 0) is 0 Å². The highest BCUT2D eigenvalue weighted by atomic mass is 35.5. The Balaban J connectivity index is 3.01. The van der Waals surface area contributed by atoms with Crippen LogP contribution in [0.4, 0.5) is 0 Å². The molecule has 0 saturated heterocycles. The highest BCUT2D eigenvalue weighted by molar-refractivity contribution is 6.34. The van der Waals surface area contributed by atoms with Gasteiger partial charge in [0.25, 0.3) is 0 Å². The zero-order valence-electron chi connectivity index (χ0n) is 12.7. The Morgan fingerprint density at radius 1 is 1.15 bits per heavy atom. The van der Waals surface area contributed by atoms with Gasteiger partial charge in [0.2, 0.25) is 0 Å². The maximum Gasteiger partial charge on any atom is 0.164 e. The van der Waals surface area contributed by atoms with Gasteiger partial charge >= 0.3 is 0 Å². The van der Waals surface area contributed by atoms with E-state index in [1.54, 1.807) is 12.1 Å². The third-order valence-electron chi connectivity index (χ3n) is 2.88. The van der Waals surface area contributed by atoms with E-state index in [1.807, 2.05) is 13.8 Å². The second-order valence-electron chi connectivity index (χ2n) is 5.00. The summed E-state index contributed by atoms with van der Waals surface area (Å²) in [5, 5.41) is 0.422. The third kappa shape index (κ3) is 4.71. The summed E-state index contributed by atoms with van der Waals surface area (Å²) in [4.78, 5) is 12.2. The lowest BCUT2D eigenvalue weighted by atomic mass is 10.0. The van der Waals surface area contributed by atoms with E-state index in [4.69, 9.17) is 21.1 Å². The lowest BCUT2D eigenvalue weighted by Gasteiger charge is -2.14. The van der Waals surface area contributed by atoms with Crippen LogP contribution < -0.4 is 9.47 Å². The molecule has 0 spiro atoms. The molecule has 0 bridgehead atoms. The molecule has 3 nitrogen and oxygen atoms in total. The predicted octanol–water partition coefficient (Wildman–Crippen LogP) is 4.76. The summed E-state index contributed by atoms with van der Waals surface area (Å²) in [7, 11) is 0. The van der Waals surface area contributed by atoms with Crippen molar-refractivity contribution in [2.75, 3.05) is 13.2 Å². The van der Waals surface area contributed by atoms with E-state index in [0.717, 1.165) is 6.42 Å². The number of carbonyl (C=O) groups excluding carboxylic acids is 1. The first kappa shape index (κ1) is 16.8. The zero-order valence-corrected chi connectivity index (χ0v) is 13.4. The fraction of sp³-hybridized carbons (Fsp3) is 0.562. The maximum absolute atomic E-state index is 12.2. The average molecular weight is 299 g/mol. The normalized spacial score (nSPS) is 10.7. The van der Waals surface area contributed by atoms with E-state index in [2.05, 4.69) is 13.8 Å². The molecule has 4 heteroatoms. The molecule has 0 unspecified atom stereocenters. The molecule has 0 aliphatic rings. The Kier molecular flexibility index (Phi) is 6.86. The Labute approximate surface area is 126 Å². The van der Waals surface area contributed by atoms with Crippen molar-refractivity contribution in [2.24, 2.45) is 5.92 Å². The van der Waals surface area contributed by atoms with Gasteiger partial charge in [0.15, 0.2) is 17.3 Å². The number of halogens is 1. The van der Waals surface area contributed by atoms with Crippen LogP contribution in [0, 0.1) is 5.92 Å². The molecule has 20 heavy (non-hydrogen) atoms. The number of carbonyl (C=O) groups is 1. The van der Waals surface area contributed by atoms with Crippen LogP contribution in [0.3, 0.4) is 0 Å². The van der Waals surface area contributed by atoms with Crippen molar-refractivity contribution in [3.8, 4) is 11.5 Å². The van der Waals surface area contributed by atoms with Crippen molar-refractivity contribution in [2.45, 2.75) is 40.5 Å². The van der Waals surface area contributed by atoms with E-state index in [1.165, 1.54) is 0 Å². The average Bonchev–Trinajstić information content (AvgIpc) is 2.39. The lowest BCUT2D eigenvalue weighted by Crippen LogP contribution is -2.05. The van der Waals surface area contributed by atoms with Crippen LogP contribution >= 0.6 is 11.6 Å². The van der Waals surface area contributed by atoms with Gasteiger partial charge in [0, 0.05) is 18.1 Å². The molecule has 0 N–H and O–H groups in total. The van der Waals surface area contributed by atoms with Crippen LogP contribution in [0.15, 0.2) is 12.1 Å². The SMILES string of the molecule is CCOc1cc(Cl)c(C(=O)CCC(C)C)cc1OCC. The number of rotatable bonds is 8. The second kappa shape index (κ2) is 8.15. The molecule has 0 fully saturated rings. The summed E-state index contributed by atoms with van der Waals surface area (Å²) in [6, 6.07) is 3.36. The number of hydrogen-bond acceptors (Lipinski definition) is 3. The molecule has 0 amide bonds. The molecule has 0 aliphatic carbocycles. The molecule has 0 atom stereocenters. The van der Waals surface area contributed by atoms with Crippen LogP contribution in [0.2, 0.25) is 5.02 Å². The quantitative estimate of drug-likeness (QED) is 0.649. The fourth-order valence-corrected chi connectivity index (χ4v) is 2.10. The summed E-state index contributed by atoms with van der Waals surface area (Å²) in [5.41, 5.74) is 0.513. The van der Waals surface area contributed by atoms with Gasteiger partial charge in [-0.15, -0.1) is 0 Å². The molecule has 1 rings (SSSR count). The van der Waals surface area contributed by atoms with Crippen LogP contribution in [-0.4, -0.2) is 19.0 Å². The van der Waals surface area contributed by atoms with Gasteiger partial charge < -0.3 is 9.47 Å². The largest absolute Gasteiger partial charge is 0.490 e. The van der Waals surface area contributed by atoms with Gasteiger partial charge in [-0.05, 0) is 32.3 Å². The Morgan fingerprint density at radius 3 is 2.20 bits per heavy atom. The van der Waals surface area contributed by atoms with Gasteiger partial charge in [-0.1, -0.05) is 25.4 Å². The minimum atomic E-state index is 0.0488. The topological polar surface area (TPSA) is 35.5 Å². The van der Waals surface area contributed by atoms with E-state index >= 15 is 0 Å². The zero-order chi connectivity index (χ0) is 15.1. The number of benzene rings is 1. The Morgan fingerprint density at radius 2 is 1.70 bits per heavy atom. The molecular formula is C16H23ClO3. The summed E-state index contributed by atoms with van der Waals surface area (Å²) in [6.07, 6.45) is 1.35. The number of ketones is 1. The van der Waals surface area contributed by atoms with Crippen molar-refractivity contribution in [3.63, 3.8) is 0 Å². The second-order valence-corrected chi connectivity index (χ2v) is 5.41. The van der Waals surface area contributed by atoms with E-state index in [-0.39, 0.29) is 5.78 Å². The van der Waals surface area contributed by atoms with Crippen molar-refractivity contribution < 1.29 is 14.3 Å². The molecular weight excluding hydrogens is 276 g/mol. The molecule has 1 aromatic carbocycles. The standard InChI is InChI=1S/C16H23ClO3/c1-5-19-15-9-12(14(18)8-7-11(3)4)13(17)10-16(15)20-6-2/h9-11H,5-8H2,1-4H3. The molecule has 1 aromatic rings. The summed E-state index contributed by atoms with van der Waals surface area (Å²) < 4.78 is 11.0. The van der Waals surface area contributed by atoms with E-state index < -0.39 is 0 Å². The van der Waals surface area contributed by atoms with Crippen molar-refractivity contribution in [1.29, 1.82) is 0 Å². The van der Waals surface area contributed by atoms with Crippen molar-refractivity contribution in [3.05, 3.63) is 22.7 Å². The minimum Gasteiger partial charge on any atom is -0.490 e. The number of ether oxygens (including phenoxy) is 2. The first-order valence-corrected chi connectivity index (χ1v) is 7.49. The summed E-state index contributed by atoms with van der Waals surface area (Å²) >= 11 is 6.19. The van der Waals surface area contributed by atoms with Gasteiger partial charge in [-0.3, -0.25) is 4.79 Å². The highest BCUT2D eigenvalue weighted by Gasteiger charge is 2.16. The van der Waals surface area contributed by atoms with Crippen LogP contribution in [0.5, 0.6) is 11.5 Å². The van der Waals surface area contributed by atoms with Gasteiger partial charge in [0.05, 0.1) is 18.2 Å². The number of hydrogen-bond donors (Lipinski definition) is 0. The van der Waals surface area contributed by atoms with Crippen LogP contribution in [0.1, 0.15) is 50.9 Å². The molecule has 0 heterocycles.